The number of rotatable bonds is 3. The number of halogens is 1. The quantitative estimate of drug-likeness (QED) is 0.795. The maximum absolute atomic E-state index is 6.23. The van der Waals surface area contributed by atoms with Gasteiger partial charge in [0.2, 0.25) is 0 Å². The van der Waals surface area contributed by atoms with Crippen molar-refractivity contribution >= 4 is 17.3 Å². The molecule has 0 heterocycles. The molecule has 1 aromatic carbocycles. The SMILES string of the molecule is CNc1cc(Cl)c(C)c(OC2CCCCCC2)c1. The molecule has 100 valence electrons. The van der Waals surface area contributed by atoms with Crippen molar-refractivity contribution in [1.29, 1.82) is 0 Å². The second-order valence-corrected chi connectivity index (χ2v) is 5.47. The summed E-state index contributed by atoms with van der Waals surface area (Å²) in [6, 6.07) is 3.99. The van der Waals surface area contributed by atoms with Crippen molar-refractivity contribution in [3.8, 4) is 5.75 Å². The van der Waals surface area contributed by atoms with Gasteiger partial charge in [0.25, 0.3) is 0 Å². The third kappa shape index (κ3) is 3.32. The first-order valence-corrected chi connectivity index (χ1v) is 7.23. The van der Waals surface area contributed by atoms with E-state index in [1.165, 1.54) is 38.5 Å². The molecule has 2 nitrogen and oxygen atoms in total. The second kappa shape index (κ2) is 6.33. The molecule has 0 unspecified atom stereocenters. The highest BCUT2D eigenvalue weighted by Crippen LogP contribution is 2.32. The number of hydrogen-bond acceptors (Lipinski definition) is 2. The van der Waals surface area contributed by atoms with Crippen molar-refractivity contribution in [2.24, 2.45) is 0 Å². The first kappa shape index (κ1) is 13.5. The van der Waals surface area contributed by atoms with Gasteiger partial charge in [-0.1, -0.05) is 24.4 Å². The van der Waals surface area contributed by atoms with Crippen LogP contribution in [0.25, 0.3) is 0 Å². The van der Waals surface area contributed by atoms with E-state index in [4.69, 9.17) is 16.3 Å². The zero-order valence-corrected chi connectivity index (χ0v) is 12.0. The van der Waals surface area contributed by atoms with Gasteiger partial charge in [0, 0.05) is 29.4 Å². The molecule has 0 bridgehead atoms. The molecular weight excluding hydrogens is 246 g/mol. The Labute approximate surface area is 115 Å². The van der Waals surface area contributed by atoms with Crippen LogP contribution in [-0.4, -0.2) is 13.2 Å². The lowest BCUT2D eigenvalue weighted by atomic mass is 10.1. The molecule has 18 heavy (non-hydrogen) atoms. The van der Waals surface area contributed by atoms with Crippen molar-refractivity contribution in [3.63, 3.8) is 0 Å². The van der Waals surface area contributed by atoms with Crippen LogP contribution in [0.5, 0.6) is 5.75 Å². The largest absolute Gasteiger partial charge is 0.490 e. The summed E-state index contributed by atoms with van der Waals surface area (Å²) in [7, 11) is 1.90. The Morgan fingerprint density at radius 1 is 1.17 bits per heavy atom. The van der Waals surface area contributed by atoms with E-state index in [0.29, 0.717) is 6.10 Å². The van der Waals surface area contributed by atoms with Gasteiger partial charge >= 0.3 is 0 Å². The summed E-state index contributed by atoms with van der Waals surface area (Å²) >= 11 is 6.23. The van der Waals surface area contributed by atoms with Gasteiger partial charge in [0.1, 0.15) is 5.75 Å². The van der Waals surface area contributed by atoms with Gasteiger partial charge in [-0.25, -0.2) is 0 Å². The first-order chi connectivity index (χ1) is 8.70. The fourth-order valence-corrected chi connectivity index (χ4v) is 2.67. The molecule has 0 aromatic heterocycles. The van der Waals surface area contributed by atoms with E-state index >= 15 is 0 Å². The molecule has 1 aliphatic rings. The molecule has 3 heteroatoms. The van der Waals surface area contributed by atoms with Crippen LogP contribution >= 0.6 is 11.6 Å². The number of anilines is 1. The fraction of sp³-hybridized carbons (Fsp3) is 0.600. The number of ether oxygens (including phenoxy) is 1. The Kier molecular flexibility index (Phi) is 4.76. The van der Waals surface area contributed by atoms with E-state index in [2.05, 4.69) is 5.32 Å². The van der Waals surface area contributed by atoms with Gasteiger partial charge in [-0.3, -0.25) is 0 Å². The maximum atomic E-state index is 6.23. The average Bonchev–Trinajstić information content (AvgIpc) is 2.63. The molecule has 0 atom stereocenters. The van der Waals surface area contributed by atoms with Crippen molar-refractivity contribution < 1.29 is 4.74 Å². The molecular formula is C15H22ClNO. The van der Waals surface area contributed by atoms with Gasteiger partial charge < -0.3 is 10.1 Å². The predicted octanol–water partition coefficient (Wildman–Crippen LogP) is 4.79. The Hall–Kier alpha value is -0.890. The van der Waals surface area contributed by atoms with E-state index in [1.807, 2.05) is 26.1 Å². The molecule has 1 fully saturated rings. The zero-order chi connectivity index (χ0) is 13.0. The van der Waals surface area contributed by atoms with Crippen molar-refractivity contribution in [1.82, 2.24) is 0 Å². The third-order valence-electron chi connectivity index (χ3n) is 3.68. The van der Waals surface area contributed by atoms with Crippen LogP contribution in [-0.2, 0) is 0 Å². The summed E-state index contributed by atoms with van der Waals surface area (Å²) in [6.45, 7) is 2.02. The standard InChI is InChI=1S/C15H22ClNO/c1-11-14(16)9-12(17-2)10-15(11)18-13-7-5-3-4-6-8-13/h9-10,13,17H,3-8H2,1-2H3. The van der Waals surface area contributed by atoms with E-state index in [9.17, 15) is 0 Å². The zero-order valence-electron chi connectivity index (χ0n) is 11.3. The molecule has 0 aliphatic heterocycles. The molecule has 1 aromatic rings. The van der Waals surface area contributed by atoms with Crippen molar-refractivity contribution in [2.45, 2.75) is 51.6 Å². The Bertz CT molecular complexity index is 398. The summed E-state index contributed by atoms with van der Waals surface area (Å²) in [5.74, 6) is 0.929. The second-order valence-electron chi connectivity index (χ2n) is 5.06. The molecule has 1 N–H and O–H groups in total. The summed E-state index contributed by atoms with van der Waals surface area (Å²) in [6.07, 6.45) is 7.94. The molecule has 2 rings (SSSR count). The minimum atomic E-state index is 0.356. The summed E-state index contributed by atoms with van der Waals surface area (Å²) in [5.41, 5.74) is 2.05. The predicted molar refractivity (Wildman–Crippen MR) is 77.9 cm³/mol. The van der Waals surface area contributed by atoms with Gasteiger partial charge in [-0.05, 0) is 38.7 Å². The number of nitrogens with one attached hydrogen (secondary N) is 1. The number of benzene rings is 1. The smallest absolute Gasteiger partial charge is 0.126 e. The number of hydrogen-bond donors (Lipinski definition) is 1. The van der Waals surface area contributed by atoms with Gasteiger partial charge in [-0.2, -0.15) is 0 Å². The normalized spacial score (nSPS) is 17.3. The fourth-order valence-electron chi connectivity index (χ4n) is 2.46. The molecule has 0 spiro atoms. The van der Waals surface area contributed by atoms with Gasteiger partial charge in [0.15, 0.2) is 0 Å². The Morgan fingerprint density at radius 3 is 2.44 bits per heavy atom. The average molecular weight is 268 g/mol. The van der Waals surface area contributed by atoms with Crippen LogP contribution in [0.1, 0.15) is 44.1 Å². The lowest BCUT2D eigenvalue weighted by Crippen LogP contribution is -2.15. The summed E-state index contributed by atoms with van der Waals surface area (Å²) in [5, 5.41) is 3.89. The van der Waals surface area contributed by atoms with Crippen LogP contribution in [0.4, 0.5) is 5.69 Å². The van der Waals surface area contributed by atoms with Crippen molar-refractivity contribution in [3.05, 3.63) is 22.7 Å². The highest BCUT2D eigenvalue weighted by molar-refractivity contribution is 6.31. The molecule has 0 saturated heterocycles. The van der Waals surface area contributed by atoms with Crippen molar-refractivity contribution in [2.75, 3.05) is 12.4 Å². The van der Waals surface area contributed by atoms with E-state index in [0.717, 1.165) is 22.0 Å². The van der Waals surface area contributed by atoms with Crippen LogP contribution in [0.2, 0.25) is 5.02 Å². The highest BCUT2D eigenvalue weighted by Gasteiger charge is 2.16. The van der Waals surface area contributed by atoms with Gasteiger partial charge in [0.05, 0.1) is 6.10 Å². The third-order valence-corrected chi connectivity index (χ3v) is 4.07. The molecule has 0 radical (unpaired) electrons. The monoisotopic (exact) mass is 267 g/mol. The van der Waals surface area contributed by atoms with Gasteiger partial charge in [-0.15, -0.1) is 0 Å². The Balaban J connectivity index is 2.14. The van der Waals surface area contributed by atoms with Crippen LogP contribution < -0.4 is 10.1 Å². The van der Waals surface area contributed by atoms with Crippen LogP contribution in [0.3, 0.4) is 0 Å². The molecule has 1 saturated carbocycles. The highest BCUT2D eigenvalue weighted by atomic mass is 35.5. The molecule has 1 aliphatic carbocycles. The van der Waals surface area contributed by atoms with Crippen LogP contribution in [0, 0.1) is 6.92 Å². The van der Waals surface area contributed by atoms with Crippen LogP contribution in [0.15, 0.2) is 12.1 Å². The maximum Gasteiger partial charge on any atom is 0.126 e. The lowest BCUT2D eigenvalue weighted by molar-refractivity contribution is 0.182. The first-order valence-electron chi connectivity index (χ1n) is 6.85. The minimum Gasteiger partial charge on any atom is -0.490 e. The lowest BCUT2D eigenvalue weighted by Gasteiger charge is -2.20. The summed E-state index contributed by atoms with van der Waals surface area (Å²) in [4.78, 5) is 0. The van der Waals surface area contributed by atoms with E-state index in [1.54, 1.807) is 0 Å². The summed E-state index contributed by atoms with van der Waals surface area (Å²) < 4.78 is 6.16. The molecule has 0 amide bonds. The minimum absolute atomic E-state index is 0.356. The van der Waals surface area contributed by atoms with E-state index in [-0.39, 0.29) is 0 Å². The Morgan fingerprint density at radius 2 is 1.83 bits per heavy atom. The topological polar surface area (TPSA) is 21.3 Å². The van der Waals surface area contributed by atoms with E-state index < -0.39 is 0 Å².